The quantitative estimate of drug-likeness (QED) is 0.487. The molecular weight excluding hydrogens is 239 g/mol. The van der Waals surface area contributed by atoms with E-state index in [9.17, 15) is 4.79 Å². The third-order valence-corrected chi connectivity index (χ3v) is 2.53. The van der Waals surface area contributed by atoms with Crippen LogP contribution in [0.3, 0.4) is 0 Å². The summed E-state index contributed by atoms with van der Waals surface area (Å²) in [5.74, 6) is 4.86. The van der Waals surface area contributed by atoms with Crippen LogP contribution < -0.4 is 16.0 Å². The molecule has 1 aromatic carbocycles. The number of nitrogens with one attached hydrogen (secondary N) is 1. The Morgan fingerprint density at radius 1 is 1.53 bits per heavy atom. The Bertz CT molecular complexity index is 371. The first-order valence-electron chi connectivity index (χ1n) is 4.17. The van der Waals surface area contributed by atoms with E-state index < -0.39 is 12.0 Å². The van der Waals surface area contributed by atoms with Crippen LogP contribution in [0, 0.1) is 0 Å². The van der Waals surface area contributed by atoms with Crippen molar-refractivity contribution in [3.8, 4) is 5.75 Å². The lowest BCUT2D eigenvalue weighted by atomic mass is 10.3. The van der Waals surface area contributed by atoms with Crippen molar-refractivity contribution < 1.29 is 9.53 Å². The molecule has 1 amide bonds. The van der Waals surface area contributed by atoms with Gasteiger partial charge in [-0.3, -0.25) is 10.2 Å². The van der Waals surface area contributed by atoms with Crippen LogP contribution >= 0.6 is 23.2 Å². The van der Waals surface area contributed by atoms with Crippen LogP contribution in [-0.2, 0) is 4.79 Å². The molecule has 0 unspecified atom stereocenters. The predicted molar refractivity (Wildman–Crippen MR) is 58.9 cm³/mol. The Hall–Kier alpha value is -0.970. The minimum atomic E-state index is -0.731. The van der Waals surface area contributed by atoms with E-state index in [1.165, 1.54) is 0 Å². The molecule has 0 saturated heterocycles. The van der Waals surface area contributed by atoms with Crippen LogP contribution in [0.5, 0.6) is 5.75 Å². The molecule has 4 nitrogen and oxygen atoms in total. The van der Waals surface area contributed by atoms with Crippen LogP contribution in [0.25, 0.3) is 0 Å². The first-order valence-corrected chi connectivity index (χ1v) is 4.93. The van der Waals surface area contributed by atoms with Gasteiger partial charge in [-0.25, -0.2) is 5.84 Å². The normalized spacial score (nSPS) is 12.0. The van der Waals surface area contributed by atoms with Crippen LogP contribution in [0.15, 0.2) is 18.2 Å². The highest BCUT2D eigenvalue weighted by Gasteiger charge is 2.15. The van der Waals surface area contributed by atoms with Gasteiger partial charge in [0.1, 0.15) is 10.8 Å². The Labute approximate surface area is 97.3 Å². The second kappa shape index (κ2) is 5.21. The lowest BCUT2D eigenvalue weighted by molar-refractivity contribution is -0.127. The Morgan fingerprint density at radius 3 is 2.80 bits per heavy atom. The summed E-state index contributed by atoms with van der Waals surface area (Å²) in [7, 11) is 0. The second-order valence-electron chi connectivity index (χ2n) is 2.82. The fourth-order valence-corrected chi connectivity index (χ4v) is 1.27. The van der Waals surface area contributed by atoms with Gasteiger partial charge in [-0.05, 0) is 19.1 Å². The lowest BCUT2D eigenvalue weighted by Crippen LogP contribution is -2.40. The van der Waals surface area contributed by atoms with Gasteiger partial charge in [0.2, 0.25) is 0 Å². The van der Waals surface area contributed by atoms with Crippen molar-refractivity contribution in [3.63, 3.8) is 0 Å². The minimum Gasteiger partial charge on any atom is -0.479 e. The molecule has 0 fully saturated rings. The molecule has 0 bridgehead atoms. The molecule has 1 atom stereocenters. The summed E-state index contributed by atoms with van der Waals surface area (Å²) in [6, 6.07) is 4.93. The lowest BCUT2D eigenvalue weighted by Gasteiger charge is -2.14. The number of amides is 1. The third-order valence-electron chi connectivity index (χ3n) is 1.73. The number of halogens is 2. The highest BCUT2D eigenvalue weighted by Crippen LogP contribution is 2.31. The molecule has 3 N–H and O–H groups in total. The summed E-state index contributed by atoms with van der Waals surface area (Å²) in [6.07, 6.45) is -0.731. The van der Waals surface area contributed by atoms with Gasteiger partial charge < -0.3 is 4.74 Å². The topological polar surface area (TPSA) is 64.3 Å². The number of hydrazine groups is 1. The van der Waals surface area contributed by atoms with Gasteiger partial charge in [0.05, 0.1) is 5.02 Å². The van der Waals surface area contributed by atoms with Gasteiger partial charge in [0.25, 0.3) is 5.91 Å². The Morgan fingerprint density at radius 2 is 2.20 bits per heavy atom. The van der Waals surface area contributed by atoms with E-state index in [1.54, 1.807) is 25.1 Å². The molecule has 1 rings (SSSR count). The Balaban J connectivity index is 2.81. The highest BCUT2D eigenvalue weighted by atomic mass is 35.5. The van der Waals surface area contributed by atoms with Crippen molar-refractivity contribution in [1.29, 1.82) is 0 Å². The number of hydrogen-bond donors (Lipinski definition) is 2. The molecule has 0 aliphatic carbocycles. The van der Waals surface area contributed by atoms with E-state index in [1.807, 2.05) is 5.43 Å². The Kier molecular flexibility index (Phi) is 4.20. The summed E-state index contributed by atoms with van der Waals surface area (Å²) in [6.45, 7) is 1.55. The predicted octanol–water partition coefficient (Wildman–Crippen LogP) is 1.75. The molecule has 0 aromatic heterocycles. The maximum absolute atomic E-state index is 11.1. The van der Waals surface area contributed by atoms with Gasteiger partial charge in [-0.2, -0.15) is 0 Å². The van der Waals surface area contributed by atoms with E-state index >= 15 is 0 Å². The van der Waals surface area contributed by atoms with E-state index in [0.29, 0.717) is 10.8 Å². The number of ether oxygens (including phenoxy) is 1. The molecule has 1 aromatic rings. The first-order chi connectivity index (χ1) is 7.06. The molecule has 0 aliphatic heterocycles. The van der Waals surface area contributed by atoms with Crippen molar-refractivity contribution in [1.82, 2.24) is 5.43 Å². The molecule has 82 valence electrons. The zero-order valence-corrected chi connectivity index (χ0v) is 9.47. The van der Waals surface area contributed by atoms with E-state index in [4.69, 9.17) is 33.8 Å². The summed E-state index contributed by atoms with van der Waals surface area (Å²) < 4.78 is 5.27. The third kappa shape index (κ3) is 2.99. The van der Waals surface area contributed by atoms with Gasteiger partial charge >= 0.3 is 0 Å². The number of nitrogens with two attached hydrogens (primary N) is 1. The summed E-state index contributed by atoms with van der Waals surface area (Å²) in [4.78, 5) is 11.1. The number of carbonyl (C=O) groups excluding carboxylic acids is 1. The largest absolute Gasteiger partial charge is 0.479 e. The van der Waals surface area contributed by atoms with Crippen molar-refractivity contribution in [3.05, 3.63) is 28.2 Å². The molecule has 0 aliphatic rings. The molecule has 0 radical (unpaired) electrons. The van der Waals surface area contributed by atoms with Crippen LogP contribution in [0.4, 0.5) is 0 Å². The maximum atomic E-state index is 11.1. The van der Waals surface area contributed by atoms with Crippen molar-refractivity contribution in [2.24, 2.45) is 5.84 Å². The minimum absolute atomic E-state index is 0.274. The van der Waals surface area contributed by atoms with Crippen molar-refractivity contribution in [2.75, 3.05) is 0 Å². The SMILES string of the molecule is C[C@@H](Oc1cccc(Cl)c1Cl)C(=O)NN. The zero-order valence-electron chi connectivity index (χ0n) is 7.96. The first kappa shape index (κ1) is 12.1. The van der Waals surface area contributed by atoms with Crippen LogP contribution in [0.2, 0.25) is 10.0 Å². The van der Waals surface area contributed by atoms with Crippen molar-refractivity contribution in [2.45, 2.75) is 13.0 Å². The summed E-state index contributed by atoms with van der Waals surface area (Å²) >= 11 is 11.6. The molecular formula is C9H10Cl2N2O2. The monoisotopic (exact) mass is 248 g/mol. The van der Waals surface area contributed by atoms with E-state index in [2.05, 4.69) is 0 Å². The number of carbonyl (C=O) groups is 1. The molecule has 0 spiro atoms. The van der Waals surface area contributed by atoms with E-state index in [-0.39, 0.29) is 5.02 Å². The second-order valence-corrected chi connectivity index (χ2v) is 3.61. The van der Waals surface area contributed by atoms with Crippen LogP contribution in [-0.4, -0.2) is 12.0 Å². The van der Waals surface area contributed by atoms with E-state index in [0.717, 1.165) is 0 Å². The number of benzene rings is 1. The van der Waals surface area contributed by atoms with Gasteiger partial charge in [0, 0.05) is 0 Å². The molecule has 15 heavy (non-hydrogen) atoms. The zero-order chi connectivity index (χ0) is 11.4. The van der Waals surface area contributed by atoms with Gasteiger partial charge in [-0.15, -0.1) is 0 Å². The number of hydrogen-bond acceptors (Lipinski definition) is 3. The standard InChI is InChI=1S/C9H10Cl2N2O2/c1-5(9(14)13-12)15-7-4-2-3-6(10)8(7)11/h2-5H,12H2,1H3,(H,13,14)/t5-/m1/s1. The highest BCUT2D eigenvalue weighted by molar-refractivity contribution is 6.42. The number of rotatable bonds is 3. The molecule has 6 heteroatoms. The maximum Gasteiger partial charge on any atom is 0.274 e. The summed E-state index contributed by atoms with van der Waals surface area (Å²) in [5, 5.41) is 0.644. The molecule has 0 saturated carbocycles. The smallest absolute Gasteiger partial charge is 0.274 e. The van der Waals surface area contributed by atoms with Crippen LogP contribution in [0.1, 0.15) is 6.92 Å². The fraction of sp³-hybridized carbons (Fsp3) is 0.222. The van der Waals surface area contributed by atoms with Crippen molar-refractivity contribution >= 4 is 29.1 Å². The van der Waals surface area contributed by atoms with Gasteiger partial charge in [-0.1, -0.05) is 29.3 Å². The average Bonchev–Trinajstić information content (AvgIpc) is 2.23. The average molecular weight is 249 g/mol. The van der Waals surface area contributed by atoms with Gasteiger partial charge in [0.15, 0.2) is 6.10 Å². The summed E-state index contributed by atoms with van der Waals surface area (Å²) in [5.41, 5.74) is 1.98. The molecule has 0 heterocycles. The fourth-order valence-electron chi connectivity index (χ4n) is 0.936.